The zero-order valence-electron chi connectivity index (χ0n) is 45.5. The number of aromatic nitrogens is 4. The van der Waals surface area contributed by atoms with Crippen LogP contribution in [0.1, 0.15) is 131 Å². The van der Waals surface area contributed by atoms with E-state index < -0.39 is 108 Å². The molecule has 0 spiro atoms. The molecule has 7 rings (SSSR count). The van der Waals surface area contributed by atoms with Crippen LogP contribution < -0.4 is 16.4 Å². The molecule has 80 heavy (non-hydrogen) atoms. The van der Waals surface area contributed by atoms with E-state index in [-0.39, 0.29) is 60.0 Å². The van der Waals surface area contributed by atoms with Gasteiger partial charge in [0.15, 0.2) is 17.7 Å². The highest BCUT2D eigenvalue weighted by Gasteiger charge is 2.61. The maximum atomic E-state index is 13.3. The largest absolute Gasteiger partial charge is 0.481 e. The van der Waals surface area contributed by atoms with Gasteiger partial charge in [0, 0.05) is 30.7 Å². The fraction of sp³-hybridized carbons (Fsp3) is 0.833. The molecule has 14 N–H and O–H groups in total. The number of ether oxygens (including phenoxy) is 1. The topological polar surface area (TPSA) is 445 Å². The predicted molar refractivity (Wildman–Crippen MR) is 284 cm³/mol. The third kappa shape index (κ3) is 14.5. The fourth-order valence-corrected chi connectivity index (χ4v) is 17.6. The van der Waals surface area contributed by atoms with Crippen molar-refractivity contribution in [3.8, 4) is 0 Å². The molecule has 1 saturated heterocycles. The Morgan fingerprint density at radius 3 is 2.31 bits per heavy atom. The third-order valence-corrected chi connectivity index (χ3v) is 22.3. The molecular weight excluding hydrogens is 1140 g/mol. The average molecular weight is 1220 g/mol. The van der Waals surface area contributed by atoms with Crippen LogP contribution in [0.25, 0.3) is 11.2 Å². The molecule has 2 aromatic heterocycles. The number of nitrogens with zero attached hydrogens (tertiary/aromatic N) is 4. The molecule has 0 bridgehead atoms. The van der Waals surface area contributed by atoms with E-state index in [0.717, 1.165) is 41.4 Å². The van der Waals surface area contributed by atoms with Gasteiger partial charge >= 0.3 is 29.4 Å². The molecule has 3 heterocycles. The Morgan fingerprint density at radius 2 is 1.61 bits per heavy atom. The molecule has 16 atom stereocenters. The lowest BCUT2D eigenvalue weighted by atomic mass is 9.44. The molecule has 1 aliphatic heterocycles. The van der Waals surface area contributed by atoms with Gasteiger partial charge in [-0.25, -0.2) is 28.6 Å². The minimum absolute atomic E-state index is 0.0124. The number of imidazole rings is 1. The molecule has 5 fully saturated rings. The second-order valence-electron chi connectivity index (χ2n) is 23.7. The van der Waals surface area contributed by atoms with Crippen molar-refractivity contribution >= 4 is 69.1 Å². The lowest BCUT2D eigenvalue weighted by Crippen LogP contribution is -2.59. The van der Waals surface area contributed by atoms with Crippen molar-refractivity contribution in [2.75, 3.05) is 37.8 Å². The molecular formula is C48H80N7O21P3S. The number of hydrogen-bond donors (Lipinski definition) is 13. The van der Waals surface area contributed by atoms with E-state index in [1.54, 1.807) is 0 Å². The van der Waals surface area contributed by atoms with Gasteiger partial charge in [-0.1, -0.05) is 65.6 Å². The van der Waals surface area contributed by atoms with E-state index in [1.165, 1.54) is 71.6 Å². The number of fused-ring (bicyclic) bond motifs is 6. The van der Waals surface area contributed by atoms with Gasteiger partial charge < -0.3 is 71.3 Å². The van der Waals surface area contributed by atoms with E-state index in [0.29, 0.717) is 35.4 Å². The summed E-state index contributed by atoms with van der Waals surface area (Å²) in [5.41, 5.74) is 1.89. The molecule has 4 aliphatic carbocycles. The lowest BCUT2D eigenvalue weighted by molar-refractivity contribution is -0.378. The summed E-state index contributed by atoms with van der Waals surface area (Å²) in [5.74, 6) is -1.87. The Labute approximate surface area is 467 Å². The molecule has 0 radical (unpaired) electrons. The molecule has 2 amide bonds. The molecule has 4 saturated carbocycles. The summed E-state index contributed by atoms with van der Waals surface area (Å²) in [5, 5.41) is 67.4. The van der Waals surface area contributed by atoms with E-state index in [4.69, 9.17) is 19.5 Å². The van der Waals surface area contributed by atoms with Crippen molar-refractivity contribution in [3.05, 3.63) is 12.7 Å². The number of rotatable bonds is 26. The number of carbonyl (C=O) groups excluding carboxylic acids is 3. The number of anilines is 1. The van der Waals surface area contributed by atoms with Gasteiger partial charge in [-0.3, -0.25) is 32.5 Å². The quantitative estimate of drug-likeness (QED) is 0.0366. The first-order valence-corrected chi connectivity index (χ1v) is 32.6. The molecule has 2 aromatic rings. The molecule has 28 nitrogen and oxygen atoms in total. The Hall–Kier alpha value is -2.60. The minimum Gasteiger partial charge on any atom is -0.386 e. The molecule has 454 valence electrons. The first kappa shape index (κ1) is 65.0. The highest BCUT2D eigenvalue weighted by molar-refractivity contribution is 8.13. The average Bonchev–Trinajstić information content (AvgIpc) is 4.05. The zero-order valence-corrected chi connectivity index (χ0v) is 49.0. The smallest absolute Gasteiger partial charge is 0.386 e. The number of carbonyl (C=O) groups is 3. The maximum Gasteiger partial charge on any atom is 0.481 e. The number of hydrogen-bond acceptors (Lipinski definition) is 22. The number of nitrogen functional groups attached to an aromatic ring is 1. The van der Waals surface area contributed by atoms with Gasteiger partial charge in [0.1, 0.15) is 36.3 Å². The third-order valence-electron chi connectivity index (χ3n) is 18.2. The molecule has 3 unspecified atom stereocenters. The zero-order chi connectivity index (χ0) is 59.0. The summed E-state index contributed by atoms with van der Waals surface area (Å²) >= 11 is 0.490. The van der Waals surface area contributed by atoms with Crippen molar-refractivity contribution in [1.82, 2.24) is 30.2 Å². The molecule has 0 aromatic carbocycles. The SMILES string of the molecule is C[C@H](CCCC(O)(C(=O)SCCNC(=O)CCNC(=O)[C@H](O)C(C)(C)COP(=O)(O)OP(=O)(O)OC[C@H]1O[C@@H](n2cnc3c(N)ncnc32)[C@H](O)[C@@H]1OP(=O)(O)O)C(O)(O)O)[C@H]1CC[C@H]2[C@@H]3CC[C@@H]4CCCC[C@]4(C)[C@H]3CC[C@]12C. The van der Waals surface area contributed by atoms with Crippen LogP contribution in [-0.2, 0) is 50.7 Å². The standard InChI is InChI=1S/C48H80N7O21P3S/c1-27(30-13-14-31-29-12-11-28-10-6-7-17-45(28,4)32(29)15-19-46(30,31)5)9-8-18-47(61,48(62,63)64)43(60)80-22-21-50-34(56)16-20-51-41(59)38(58)44(2,3)24-73-79(70,71)76-78(68,69)72-23-33-37(75-77(65,66)67)36(57)42(74-33)55-26-54-35-39(49)52-25-53-40(35)55/h25-33,36-38,42,57-58,61-64H,6-24H2,1-5H3,(H,50,56)(H,51,59)(H,68,69)(H,70,71)(H2,49,52,53)(H2,65,66,67)/t27-,28+,29+,30-,31+,32+,33-,36-,37-,38+,42-,45+,46-,47?/m1/s1. The summed E-state index contributed by atoms with van der Waals surface area (Å²) in [7, 11) is -16.6. The Balaban J connectivity index is 0.798. The van der Waals surface area contributed by atoms with Gasteiger partial charge in [-0.15, -0.1) is 0 Å². The van der Waals surface area contributed by atoms with Crippen LogP contribution in [0.3, 0.4) is 0 Å². The van der Waals surface area contributed by atoms with Crippen LogP contribution in [0.15, 0.2) is 12.7 Å². The lowest BCUT2D eigenvalue weighted by Gasteiger charge is -2.61. The second-order valence-corrected chi connectivity index (χ2v) is 29.0. The highest BCUT2D eigenvalue weighted by Crippen LogP contribution is 2.69. The number of aliphatic hydroxyl groups is 6. The van der Waals surface area contributed by atoms with Crippen LogP contribution in [0.5, 0.6) is 0 Å². The summed E-state index contributed by atoms with van der Waals surface area (Å²) in [6.45, 7) is 7.08. The second kappa shape index (κ2) is 25.2. The van der Waals surface area contributed by atoms with Crippen LogP contribution in [0.4, 0.5) is 5.82 Å². The number of thioether (sulfide) groups is 1. The number of phosphoric ester groups is 3. The van der Waals surface area contributed by atoms with Crippen molar-refractivity contribution in [1.29, 1.82) is 0 Å². The maximum absolute atomic E-state index is 13.3. The summed E-state index contributed by atoms with van der Waals surface area (Å²) in [6.07, 6.45) is 5.91. The fourth-order valence-electron chi connectivity index (χ4n) is 14.0. The van der Waals surface area contributed by atoms with Crippen LogP contribution >= 0.6 is 35.2 Å². The van der Waals surface area contributed by atoms with Crippen molar-refractivity contribution in [3.63, 3.8) is 0 Å². The molecule has 5 aliphatic rings. The van der Waals surface area contributed by atoms with Crippen LogP contribution in [0, 0.1) is 51.8 Å². The van der Waals surface area contributed by atoms with Crippen molar-refractivity contribution < 1.29 is 101 Å². The molecule has 32 heteroatoms. The minimum atomic E-state index is -5.64. The van der Waals surface area contributed by atoms with E-state index in [1.807, 2.05) is 0 Å². The van der Waals surface area contributed by atoms with Crippen LogP contribution in [0.2, 0.25) is 0 Å². The van der Waals surface area contributed by atoms with Gasteiger partial charge in [0.2, 0.25) is 22.5 Å². The van der Waals surface area contributed by atoms with Crippen LogP contribution in [-0.4, -0.2) is 155 Å². The van der Waals surface area contributed by atoms with E-state index in [9.17, 15) is 78.3 Å². The summed E-state index contributed by atoms with van der Waals surface area (Å²) < 4.78 is 62.7. The highest BCUT2D eigenvalue weighted by atomic mass is 32.2. The number of nitrogens with one attached hydrogen (secondary N) is 2. The van der Waals surface area contributed by atoms with Gasteiger partial charge in [-0.2, -0.15) is 4.31 Å². The van der Waals surface area contributed by atoms with Crippen molar-refractivity contribution in [2.24, 2.45) is 51.8 Å². The van der Waals surface area contributed by atoms with E-state index >= 15 is 0 Å². The predicted octanol–water partition coefficient (Wildman–Crippen LogP) is 2.88. The normalized spacial score (nSPS) is 32.1. The monoisotopic (exact) mass is 1220 g/mol. The number of amides is 2. The Kier molecular flexibility index (Phi) is 20.4. The van der Waals surface area contributed by atoms with Gasteiger partial charge in [0.05, 0.1) is 19.5 Å². The number of nitrogens with two attached hydrogens (primary N) is 1. The first-order valence-electron chi connectivity index (χ1n) is 27.1. The first-order chi connectivity index (χ1) is 37.1. The Bertz CT molecular complexity index is 2680. The summed E-state index contributed by atoms with van der Waals surface area (Å²) in [4.78, 5) is 90.1. The van der Waals surface area contributed by atoms with E-state index in [2.05, 4.69) is 55.2 Å². The van der Waals surface area contributed by atoms with Crippen molar-refractivity contribution in [2.45, 2.75) is 167 Å². The Morgan fingerprint density at radius 1 is 0.912 bits per heavy atom. The van der Waals surface area contributed by atoms with Gasteiger partial charge in [0.25, 0.3) is 0 Å². The summed E-state index contributed by atoms with van der Waals surface area (Å²) in [6, 6.07) is 0. The number of aliphatic hydroxyl groups excluding tert-OH is 2. The van der Waals surface area contributed by atoms with Gasteiger partial charge in [-0.05, 0) is 111 Å². The number of phosphoric acid groups is 3.